The van der Waals surface area contributed by atoms with Crippen molar-refractivity contribution in [2.45, 2.75) is 25.3 Å². The predicted molar refractivity (Wildman–Crippen MR) is 68.0 cm³/mol. The third-order valence-corrected chi connectivity index (χ3v) is 2.97. The molecule has 6 heteroatoms. The van der Waals surface area contributed by atoms with E-state index in [9.17, 15) is 14.7 Å². The molecular formula is C12H21N3O3. The zero-order valence-electron chi connectivity index (χ0n) is 10.5. The van der Waals surface area contributed by atoms with Crippen molar-refractivity contribution in [2.24, 2.45) is 0 Å². The van der Waals surface area contributed by atoms with Crippen molar-refractivity contribution in [1.82, 2.24) is 15.5 Å². The van der Waals surface area contributed by atoms with Crippen molar-refractivity contribution in [1.29, 1.82) is 0 Å². The number of aliphatic hydroxyl groups is 1. The number of hydrogen-bond donors (Lipinski definition) is 3. The van der Waals surface area contributed by atoms with Gasteiger partial charge in [0.05, 0.1) is 13.2 Å². The van der Waals surface area contributed by atoms with Crippen LogP contribution in [0.5, 0.6) is 0 Å². The molecule has 0 saturated carbocycles. The first-order valence-corrected chi connectivity index (χ1v) is 6.21. The Morgan fingerprint density at radius 1 is 1.44 bits per heavy atom. The largest absolute Gasteiger partial charge is 0.395 e. The number of piperidine rings is 1. The van der Waals surface area contributed by atoms with Gasteiger partial charge in [-0.25, -0.2) is 4.79 Å². The minimum Gasteiger partial charge on any atom is -0.395 e. The van der Waals surface area contributed by atoms with Crippen LogP contribution in [-0.4, -0.2) is 54.2 Å². The fourth-order valence-electron chi connectivity index (χ4n) is 2.03. The Morgan fingerprint density at radius 3 is 2.89 bits per heavy atom. The number of rotatable bonds is 5. The molecule has 3 N–H and O–H groups in total. The lowest BCUT2D eigenvalue weighted by atomic mass is 10.0. The third kappa shape index (κ3) is 4.85. The van der Waals surface area contributed by atoms with Gasteiger partial charge >= 0.3 is 6.03 Å². The number of hydrogen-bond acceptors (Lipinski definition) is 4. The van der Waals surface area contributed by atoms with Crippen LogP contribution < -0.4 is 10.6 Å². The summed E-state index contributed by atoms with van der Waals surface area (Å²) in [5.41, 5.74) is 0. The van der Waals surface area contributed by atoms with Crippen molar-refractivity contribution >= 4 is 11.9 Å². The van der Waals surface area contributed by atoms with E-state index in [1.807, 2.05) is 4.90 Å². The summed E-state index contributed by atoms with van der Waals surface area (Å²) in [7, 11) is 0. The monoisotopic (exact) mass is 255 g/mol. The van der Waals surface area contributed by atoms with Crippen LogP contribution in [0.1, 0.15) is 19.3 Å². The summed E-state index contributed by atoms with van der Waals surface area (Å²) in [4.78, 5) is 24.8. The molecule has 1 saturated heterocycles. The first-order chi connectivity index (χ1) is 8.67. The molecule has 6 nitrogen and oxygen atoms in total. The maximum absolute atomic E-state index is 11.6. The molecule has 1 heterocycles. The average Bonchev–Trinajstić information content (AvgIpc) is 2.36. The molecule has 1 unspecified atom stereocenters. The van der Waals surface area contributed by atoms with E-state index >= 15 is 0 Å². The van der Waals surface area contributed by atoms with Crippen LogP contribution in [0.2, 0.25) is 0 Å². The standard InChI is InChI=1S/C12H21N3O3/c1-2-6-13-12(18)14-11(17)8-15-7-4-3-5-10(15)9-16/h2,10,16H,1,3-9H2,(H2,13,14,17,18). The number of carbonyl (C=O) groups excluding carboxylic acids is 2. The van der Waals surface area contributed by atoms with Crippen LogP contribution in [0.25, 0.3) is 0 Å². The Bertz CT molecular complexity index is 307. The van der Waals surface area contributed by atoms with E-state index in [1.54, 1.807) is 0 Å². The Kier molecular flexibility index (Phi) is 6.38. The second-order valence-electron chi connectivity index (χ2n) is 4.35. The van der Waals surface area contributed by atoms with Gasteiger partial charge in [0, 0.05) is 12.6 Å². The van der Waals surface area contributed by atoms with E-state index in [1.165, 1.54) is 6.08 Å². The summed E-state index contributed by atoms with van der Waals surface area (Å²) in [5, 5.41) is 13.9. The molecule has 0 aromatic heterocycles. The maximum Gasteiger partial charge on any atom is 0.321 e. The Balaban J connectivity index is 2.33. The number of likely N-dealkylation sites (tertiary alicyclic amines) is 1. The van der Waals surface area contributed by atoms with Crippen molar-refractivity contribution in [3.8, 4) is 0 Å². The van der Waals surface area contributed by atoms with Crippen molar-refractivity contribution in [3.63, 3.8) is 0 Å². The quantitative estimate of drug-likeness (QED) is 0.596. The molecule has 1 atom stereocenters. The molecule has 1 aliphatic rings. The smallest absolute Gasteiger partial charge is 0.321 e. The van der Waals surface area contributed by atoms with E-state index in [-0.39, 0.29) is 25.1 Å². The van der Waals surface area contributed by atoms with Crippen LogP contribution in [-0.2, 0) is 4.79 Å². The van der Waals surface area contributed by atoms with Gasteiger partial charge in [-0.05, 0) is 19.4 Å². The number of urea groups is 1. The lowest BCUT2D eigenvalue weighted by Gasteiger charge is -2.33. The molecule has 0 aliphatic carbocycles. The van der Waals surface area contributed by atoms with Crippen LogP contribution in [0.15, 0.2) is 12.7 Å². The summed E-state index contributed by atoms with van der Waals surface area (Å²) in [6.45, 7) is 4.77. The number of aliphatic hydroxyl groups excluding tert-OH is 1. The van der Waals surface area contributed by atoms with Crippen LogP contribution >= 0.6 is 0 Å². The highest BCUT2D eigenvalue weighted by Gasteiger charge is 2.23. The highest BCUT2D eigenvalue weighted by atomic mass is 16.3. The maximum atomic E-state index is 11.6. The summed E-state index contributed by atoms with van der Waals surface area (Å²) in [5.74, 6) is -0.350. The lowest BCUT2D eigenvalue weighted by molar-refractivity contribution is -0.122. The van der Waals surface area contributed by atoms with Crippen LogP contribution in [0, 0.1) is 0 Å². The molecule has 1 fully saturated rings. The molecule has 18 heavy (non-hydrogen) atoms. The molecule has 3 amide bonds. The van der Waals surface area contributed by atoms with Crippen molar-refractivity contribution in [2.75, 3.05) is 26.2 Å². The first kappa shape index (κ1) is 14.7. The van der Waals surface area contributed by atoms with Gasteiger partial charge in [0.25, 0.3) is 0 Å². The van der Waals surface area contributed by atoms with Gasteiger partial charge in [-0.1, -0.05) is 12.5 Å². The second kappa shape index (κ2) is 7.84. The number of imide groups is 1. The highest BCUT2D eigenvalue weighted by molar-refractivity contribution is 5.95. The molecule has 102 valence electrons. The zero-order chi connectivity index (χ0) is 13.4. The number of carbonyl (C=O) groups is 2. The molecule has 1 rings (SSSR count). The summed E-state index contributed by atoms with van der Waals surface area (Å²) in [6.07, 6.45) is 4.53. The van der Waals surface area contributed by atoms with E-state index in [0.29, 0.717) is 6.54 Å². The van der Waals surface area contributed by atoms with Crippen LogP contribution in [0.3, 0.4) is 0 Å². The van der Waals surface area contributed by atoms with Crippen molar-refractivity contribution < 1.29 is 14.7 Å². The van der Waals surface area contributed by atoms with E-state index in [0.717, 1.165) is 25.8 Å². The van der Waals surface area contributed by atoms with E-state index < -0.39 is 6.03 Å². The molecule has 0 bridgehead atoms. The molecule has 0 aromatic carbocycles. The second-order valence-corrected chi connectivity index (χ2v) is 4.35. The van der Waals surface area contributed by atoms with Gasteiger partial charge in [0.2, 0.25) is 5.91 Å². The molecule has 0 spiro atoms. The Morgan fingerprint density at radius 2 is 2.22 bits per heavy atom. The lowest BCUT2D eigenvalue weighted by Crippen LogP contribution is -2.49. The molecule has 0 aromatic rings. The van der Waals surface area contributed by atoms with E-state index in [4.69, 9.17) is 0 Å². The van der Waals surface area contributed by atoms with Gasteiger partial charge < -0.3 is 10.4 Å². The number of nitrogens with zero attached hydrogens (tertiary/aromatic N) is 1. The molecule has 1 aliphatic heterocycles. The van der Waals surface area contributed by atoms with Crippen molar-refractivity contribution in [3.05, 3.63) is 12.7 Å². The fraction of sp³-hybridized carbons (Fsp3) is 0.667. The summed E-state index contributed by atoms with van der Waals surface area (Å²) in [6, 6.07) is -0.488. The Labute approximate surface area is 107 Å². The Hall–Kier alpha value is -1.40. The molecule has 0 radical (unpaired) electrons. The SMILES string of the molecule is C=CCNC(=O)NC(=O)CN1CCCCC1CO. The van der Waals surface area contributed by atoms with Gasteiger partial charge in [-0.15, -0.1) is 6.58 Å². The van der Waals surface area contributed by atoms with Gasteiger partial charge in [-0.2, -0.15) is 0 Å². The number of nitrogens with one attached hydrogen (secondary N) is 2. The first-order valence-electron chi connectivity index (χ1n) is 6.21. The summed E-state index contributed by atoms with van der Waals surface area (Å²) >= 11 is 0. The van der Waals surface area contributed by atoms with Gasteiger partial charge in [-0.3, -0.25) is 15.0 Å². The van der Waals surface area contributed by atoms with E-state index in [2.05, 4.69) is 17.2 Å². The topological polar surface area (TPSA) is 81.7 Å². The normalized spacial score (nSPS) is 20.2. The van der Waals surface area contributed by atoms with Gasteiger partial charge in [0.15, 0.2) is 0 Å². The fourth-order valence-corrected chi connectivity index (χ4v) is 2.03. The summed E-state index contributed by atoms with van der Waals surface area (Å²) < 4.78 is 0. The predicted octanol–water partition coefficient (Wildman–Crippen LogP) is -0.155. The van der Waals surface area contributed by atoms with Gasteiger partial charge in [0.1, 0.15) is 0 Å². The number of amides is 3. The average molecular weight is 255 g/mol. The molecular weight excluding hydrogens is 234 g/mol. The minimum absolute atomic E-state index is 0.0285. The zero-order valence-corrected chi connectivity index (χ0v) is 10.5. The minimum atomic E-state index is -0.516. The van der Waals surface area contributed by atoms with Crippen LogP contribution in [0.4, 0.5) is 4.79 Å². The highest BCUT2D eigenvalue weighted by Crippen LogP contribution is 2.15. The third-order valence-electron chi connectivity index (χ3n) is 2.97.